The van der Waals surface area contributed by atoms with Gasteiger partial charge in [-0.3, -0.25) is 10.1 Å². The molecule has 0 saturated carbocycles. The first-order valence-electron chi connectivity index (χ1n) is 7.61. The highest BCUT2D eigenvalue weighted by Gasteiger charge is 2.13. The molecule has 1 N–H and O–H groups in total. The maximum absolute atomic E-state index is 13.4. The standard InChI is InChI=1S/C18H16FN3O3/c1-11-7-8-13(9-12(11)2)17-21-22-18(25-17)20-16(23)10-24-15-6-4-3-5-14(15)19/h3-9H,10H2,1-2H3,(H,20,22,23). The molecule has 1 aromatic heterocycles. The maximum Gasteiger partial charge on any atom is 0.322 e. The van der Waals surface area contributed by atoms with Crippen molar-refractivity contribution < 1.29 is 18.3 Å². The molecule has 1 heterocycles. The number of para-hydroxylation sites is 1. The molecule has 3 aromatic rings. The molecule has 0 radical (unpaired) electrons. The lowest BCUT2D eigenvalue weighted by Gasteiger charge is -2.05. The minimum atomic E-state index is -0.537. The second-order valence-electron chi connectivity index (χ2n) is 5.48. The lowest BCUT2D eigenvalue weighted by Crippen LogP contribution is -2.20. The predicted molar refractivity (Wildman–Crippen MR) is 89.7 cm³/mol. The number of benzene rings is 2. The zero-order valence-corrected chi connectivity index (χ0v) is 13.7. The molecule has 2 aromatic carbocycles. The zero-order valence-electron chi connectivity index (χ0n) is 13.7. The molecule has 7 heteroatoms. The van der Waals surface area contributed by atoms with E-state index in [1.165, 1.54) is 18.2 Å². The molecule has 0 saturated heterocycles. The number of aromatic nitrogens is 2. The quantitative estimate of drug-likeness (QED) is 0.768. The minimum absolute atomic E-state index is 0.000927. The van der Waals surface area contributed by atoms with Crippen LogP contribution in [0.15, 0.2) is 46.9 Å². The van der Waals surface area contributed by atoms with Crippen molar-refractivity contribution in [3.8, 4) is 17.2 Å². The number of carbonyl (C=O) groups is 1. The Morgan fingerprint density at radius 1 is 1.16 bits per heavy atom. The van der Waals surface area contributed by atoms with E-state index in [1.54, 1.807) is 6.07 Å². The summed E-state index contributed by atoms with van der Waals surface area (Å²) in [5.74, 6) is -0.768. The van der Waals surface area contributed by atoms with Crippen molar-refractivity contribution in [1.29, 1.82) is 0 Å². The van der Waals surface area contributed by atoms with Crippen molar-refractivity contribution in [3.05, 3.63) is 59.4 Å². The van der Waals surface area contributed by atoms with Crippen LogP contribution in [0.25, 0.3) is 11.5 Å². The van der Waals surface area contributed by atoms with E-state index in [-0.39, 0.29) is 18.4 Å². The molecule has 0 spiro atoms. The number of nitrogens with one attached hydrogen (secondary N) is 1. The maximum atomic E-state index is 13.4. The van der Waals surface area contributed by atoms with E-state index in [4.69, 9.17) is 9.15 Å². The molecule has 0 aliphatic carbocycles. The summed E-state index contributed by atoms with van der Waals surface area (Å²) in [5, 5.41) is 10.1. The van der Waals surface area contributed by atoms with Crippen molar-refractivity contribution in [2.24, 2.45) is 0 Å². The van der Waals surface area contributed by atoms with Gasteiger partial charge in [0.05, 0.1) is 0 Å². The first-order chi connectivity index (χ1) is 12.0. The summed E-state index contributed by atoms with van der Waals surface area (Å²) in [6, 6.07) is 11.5. The molecule has 25 heavy (non-hydrogen) atoms. The Hall–Kier alpha value is -3.22. The van der Waals surface area contributed by atoms with Crippen LogP contribution in [0.2, 0.25) is 0 Å². The van der Waals surface area contributed by atoms with Gasteiger partial charge in [0.1, 0.15) is 0 Å². The molecule has 0 aliphatic rings. The number of aryl methyl sites for hydroxylation is 2. The minimum Gasteiger partial charge on any atom is -0.481 e. The highest BCUT2D eigenvalue weighted by atomic mass is 19.1. The molecule has 0 aliphatic heterocycles. The summed E-state index contributed by atoms with van der Waals surface area (Å²) in [5.41, 5.74) is 3.01. The van der Waals surface area contributed by atoms with Crippen molar-refractivity contribution in [3.63, 3.8) is 0 Å². The first-order valence-corrected chi connectivity index (χ1v) is 7.61. The monoisotopic (exact) mass is 341 g/mol. The predicted octanol–water partition coefficient (Wildman–Crippen LogP) is 3.51. The molecule has 128 valence electrons. The third kappa shape index (κ3) is 4.00. The van der Waals surface area contributed by atoms with Gasteiger partial charge in [0.15, 0.2) is 18.2 Å². The van der Waals surface area contributed by atoms with Gasteiger partial charge in [0.2, 0.25) is 5.89 Å². The Kier molecular flexibility index (Phi) is 4.74. The third-order valence-electron chi connectivity index (χ3n) is 3.62. The summed E-state index contributed by atoms with van der Waals surface area (Å²) >= 11 is 0. The number of nitrogens with zero attached hydrogens (tertiary/aromatic N) is 2. The molecule has 0 unspecified atom stereocenters. The molecule has 0 fully saturated rings. The number of anilines is 1. The van der Waals surface area contributed by atoms with Crippen molar-refractivity contribution in [1.82, 2.24) is 10.2 Å². The fraction of sp³-hybridized carbons (Fsp3) is 0.167. The summed E-state index contributed by atoms with van der Waals surface area (Å²) in [6.45, 7) is 3.62. The van der Waals surface area contributed by atoms with Crippen molar-refractivity contribution in [2.45, 2.75) is 13.8 Å². The molecule has 1 amide bonds. The normalized spacial score (nSPS) is 10.5. The Morgan fingerprint density at radius 2 is 1.96 bits per heavy atom. The molecule has 3 rings (SSSR count). The van der Waals surface area contributed by atoms with Crippen LogP contribution >= 0.6 is 0 Å². The van der Waals surface area contributed by atoms with Gasteiger partial charge < -0.3 is 9.15 Å². The molecule has 0 atom stereocenters. The molecular weight excluding hydrogens is 325 g/mol. The number of amides is 1. The average Bonchev–Trinajstić information content (AvgIpc) is 3.05. The number of carbonyl (C=O) groups excluding carboxylic acids is 1. The Bertz CT molecular complexity index is 908. The van der Waals surface area contributed by atoms with Gasteiger partial charge in [-0.1, -0.05) is 23.3 Å². The summed E-state index contributed by atoms with van der Waals surface area (Å²) in [6.07, 6.45) is 0. The van der Waals surface area contributed by atoms with E-state index in [1.807, 2.05) is 32.0 Å². The molecule has 0 bridgehead atoms. The van der Waals surface area contributed by atoms with Crippen LogP contribution in [0, 0.1) is 19.7 Å². The van der Waals surface area contributed by atoms with Crippen LogP contribution < -0.4 is 10.1 Å². The van der Waals surface area contributed by atoms with E-state index >= 15 is 0 Å². The Balaban J connectivity index is 1.62. The Labute approximate surface area is 143 Å². The number of hydrogen-bond donors (Lipinski definition) is 1. The smallest absolute Gasteiger partial charge is 0.322 e. The van der Waals surface area contributed by atoms with E-state index in [0.29, 0.717) is 5.89 Å². The van der Waals surface area contributed by atoms with Crippen molar-refractivity contribution >= 4 is 11.9 Å². The van der Waals surface area contributed by atoms with Crippen LogP contribution in [0.4, 0.5) is 10.4 Å². The van der Waals surface area contributed by atoms with Gasteiger partial charge in [-0.05, 0) is 49.2 Å². The Morgan fingerprint density at radius 3 is 2.72 bits per heavy atom. The molecule has 6 nitrogen and oxygen atoms in total. The second-order valence-corrected chi connectivity index (χ2v) is 5.48. The number of hydrogen-bond acceptors (Lipinski definition) is 5. The fourth-order valence-electron chi connectivity index (χ4n) is 2.13. The van der Waals surface area contributed by atoms with Crippen LogP contribution in [0.3, 0.4) is 0 Å². The summed E-state index contributed by atoms with van der Waals surface area (Å²) in [7, 11) is 0. The van der Waals surface area contributed by atoms with Crippen LogP contribution in [0.5, 0.6) is 5.75 Å². The number of halogens is 1. The van der Waals surface area contributed by atoms with Gasteiger partial charge in [-0.25, -0.2) is 4.39 Å². The van der Waals surface area contributed by atoms with Gasteiger partial charge in [-0.2, -0.15) is 0 Å². The topological polar surface area (TPSA) is 77.2 Å². The number of rotatable bonds is 5. The van der Waals surface area contributed by atoms with Crippen LogP contribution in [0.1, 0.15) is 11.1 Å². The molecular formula is C18H16FN3O3. The highest BCUT2D eigenvalue weighted by Crippen LogP contribution is 2.22. The van der Waals surface area contributed by atoms with Gasteiger partial charge >= 0.3 is 6.01 Å². The van der Waals surface area contributed by atoms with E-state index in [2.05, 4.69) is 15.5 Å². The first kappa shape index (κ1) is 16.6. The third-order valence-corrected chi connectivity index (χ3v) is 3.62. The lowest BCUT2D eigenvalue weighted by atomic mass is 10.1. The van der Waals surface area contributed by atoms with E-state index in [0.717, 1.165) is 16.7 Å². The van der Waals surface area contributed by atoms with Gasteiger partial charge in [0, 0.05) is 5.56 Å². The number of ether oxygens (including phenoxy) is 1. The summed E-state index contributed by atoms with van der Waals surface area (Å²) < 4.78 is 24.0. The van der Waals surface area contributed by atoms with Gasteiger partial charge in [0.25, 0.3) is 5.91 Å². The second kappa shape index (κ2) is 7.12. The highest BCUT2D eigenvalue weighted by molar-refractivity contribution is 5.89. The zero-order chi connectivity index (χ0) is 17.8. The lowest BCUT2D eigenvalue weighted by molar-refractivity contribution is -0.118. The van der Waals surface area contributed by atoms with Crippen molar-refractivity contribution in [2.75, 3.05) is 11.9 Å². The SMILES string of the molecule is Cc1ccc(-c2nnc(NC(=O)COc3ccccc3F)o2)cc1C. The van der Waals surface area contributed by atoms with Gasteiger partial charge in [-0.15, -0.1) is 5.10 Å². The largest absolute Gasteiger partial charge is 0.481 e. The van der Waals surface area contributed by atoms with E-state index < -0.39 is 11.7 Å². The van der Waals surface area contributed by atoms with Crippen LogP contribution in [-0.2, 0) is 4.79 Å². The average molecular weight is 341 g/mol. The van der Waals surface area contributed by atoms with E-state index in [9.17, 15) is 9.18 Å². The fourth-order valence-corrected chi connectivity index (χ4v) is 2.13. The summed E-state index contributed by atoms with van der Waals surface area (Å²) in [4.78, 5) is 11.9. The van der Waals surface area contributed by atoms with Crippen LogP contribution in [-0.4, -0.2) is 22.7 Å².